The van der Waals surface area contributed by atoms with E-state index in [2.05, 4.69) is 10.2 Å². The minimum Gasteiger partial charge on any atom is -0.393 e. The Morgan fingerprint density at radius 1 is 1.09 bits per heavy atom. The minimum atomic E-state index is -0.271. The number of carbonyl (C=O) groups is 1. The average molecular weight is 318 g/mol. The second-order valence-electron chi connectivity index (χ2n) is 6.73. The number of rotatable bonds is 4. The van der Waals surface area contributed by atoms with Crippen molar-refractivity contribution in [3.63, 3.8) is 0 Å². The summed E-state index contributed by atoms with van der Waals surface area (Å²) in [5.74, 6) is 0.114. The average Bonchev–Trinajstić information content (AvgIpc) is 2.99. The van der Waals surface area contributed by atoms with Crippen LogP contribution in [0.15, 0.2) is 24.3 Å². The normalized spacial score (nSPS) is 25.6. The van der Waals surface area contributed by atoms with Crippen LogP contribution in [0.3, 0.4) is 0 Å². The first-order chi connectivity index (χ1) is 11.1. The molecule has 2 aliphatic rings. The number of carbonyl (C=O) groups excluding carboxylic acids is 1. The summed E-state index contributed by atoms with van der Waals surface area (Å²) in [5, 5.41) is 22.3. The predicted octanol–water partition coefficient (Wildman–Crippen LogP) is 1.54. The second kappa shape index (κ2) is 7.32. The van der Waals surface area contributed by atoms with Crippen molar-refractivity contribution >= 4 is 11.6 Å². The highest BCUT2D eigenvalue weighted by molar-refractivity contribution is 5.94. The number of aliphatic hydroxyl groups is 2. The van der Waals surface area contributed by atoms with Crippen LogP contribution in [0.25, 0.3) is 0 Å². The molecule has 23 heavy (non-hydrogen) atoms. The lowest BCUT2D eigenvalue weighted by Gasteiger charge is -2.31. The van der Waals surface area contributed by atoms with Crippen LogP contribution >= 0.6 is 0 Å². The Hall–Kier alpha value is -1.59. The van der Waals surface area contributed by atoms with Crippen LogP contribution in [-0.2, 0) is 0 Å². The van der Waals surface area contributed by atoms with Crippen molar-refractivity contribution in [3.05, 3.63) is 29.8 Å². The van der Waals surface area contributed by atoms with Crippen molar-refractivity contribution in [1.29, 1.82) is 0 Å². The Morgan fingerprint density at radius 2 is 1.78 bits per heavy atom. The molecule has 126 valence electrons. The van der Waals surface area contributed by atoms with Crippen LogP contribution in [0.1, 0.15) is 42.5 Å². The first kappa shape index (κ1) is 16.3. The highest BCUT2D eigenvalue weighted by Gasteiger charge is 2.25. The molecule has 0 spiro atoms. The van der Waals surface area contributed by atoms with Crippen molar-refractivity contribution in [3.8, 4) is 0 Å². The van der Waals surface area contributed by atoms with E-state index in [-0.39, 0.29) is 24.0 Å². The predicted molar refractivity (Wildman–Crippen MR) is 89.6 cm³/mol. The van der Waals surface area contributed by atoms with Gasteiger partial charge in [-0.2, -0.15) is 0 Å². The molecule has 1 saturated heterocycles. The summed E-state index contributed by atoms with van der Waals surface area (Å²) in [5.41, 5.74) is 1.75. The first-order valence-electron chi connectivity index (χ1n) is 8.63. The van der Waals surface area contributed by atoms with Crippen LogP contribution in [0.4, 0.5) is 5.69 Å². The number of benzene rings is 1. The third-order valence-corrected chi connectivity index (χ3v) is 5.10. The third-order valence-electron chi connectivity index (χ3n) is 5.10. The van der Waals surface area contributed by atoms with Crippen molar-refractivity contribution in [2.75, 3.05) is 24.5 Å². The number of nitrogens with zero attached hydrogens (tertiary/aromatic N) is 1. The van der Waals surface area contributed by atoms with Gasteiger partial charge in [0.05, 0.1) is 12.2 Å². The highest BCUT2D eigenvalue weighted by Crippen LogP contribution is 2.25. The largest absolute Gasteiger partial charge is 0.393 e. The summed E-state index contributed by atoms with van der Waals surface area (Å²) >= 11 is 0. The van der Waals surface area contributed by atoms with Crippen LogP contribution in [0, 0.1) is 5.92 Å². The second-order valence-corrected chi connectivity index (χ2v) is 6.73. The zero-order valence-corrected chi connectivity index (χ0v) is 13.4. The lowest BCUT2D eigenvalue weighted by Crippen LogP contribution is -2.35. The van der Waals surface area contributed by atoms with Gasteiger partial charge in [0.15, 0.2) is 0 Å². The van der Waals surface area contributed by atoms with Gasteiger partial charge < -0.3 is 20.4 Å². The molecule has 1 amide bonds. The molecule has 1 aliphatic carbocycles. The third kappa shape index (κ3) is 4.03. The van der Waals surface area contributed by atoms with Crippen molar-refractivity contribution < 1.29 is 15.0 Å². The summed E-state index contributed by atoms with van der Waals surface area (Å²) in [4.78, 5) is 14.4. The maximum Gasteiger partial charge on any atom is 0.251 e. The monoisotopic (exact) mass is 318 g/mol. The molecule has 0 radical (unpaired) electrons. The van der Waals surface area contributed by atoms with E-state index in [1.807, 2.05) is 24.3 Å². The van der Waals surface area contributed by atoms with E-state index >= 15 is 0 Å². The van der Waals surface area contributed by atoms with Gasteiger partial charge in [0.25, 0.3) is 5.91 Å². The van der Waals surface area contributed by atoms with Crippen LogP contribution in [-0.4, -0.2) is 48.0 Å². The van der Waals surface area contributed by atoms with Gasteiger partial charge in [-0.3, -0.25) is 4.79 Å². The minimum absolute atomic E-state index is 0.0790. The van der Waals surface area contributed by atoms with E-state index in [1.165, 1.54) is 0 Å². The quantitative estimate of drug-likeness (QED) is 0.787. The molecule has 5 heteroatoms. The molecule has 1 aliphatic heterocycles. The zero-order chi connectivity index (χ0) is 16.2. The molecule has 2 atom stereocenters. The molecule has 0 bridgehead atoms. The molecule has 2 fully saturated rings. The number of piperidine rings is 1. The van der Waals surface area contributed by atoms with Gasteiger partial charge >= 0.3 is 0 Å². The number of hydrogen-bond donors (Lipinski definition) is 3. The fourth-order valence-corrected chi connectivity index (χ4v) is 3.53. The molecule has 5 nitrogen and oxygen atoms in total. The topological polar surface area (TPSA) is 72.8 Å². The van der Waals surface area contributed by atoms with E-state index in [0.717, 1.165) is 50.9 Å². The van der Waals surface area contributed by atoms with Gasteiger partial charge in [0.2, 0.25) is 0 Å². The number of anilines is 1. The molecule has 1 aromatic rings. The summed E-state index contributed by atoms with van der Waals surface area (Å²) in [6, 6.07) is 7.63. The molecule has 1 heterocycles. The van der Waals surface area contributed by atoms with Crippen molar-refractivity contribution in [2.24, 2.45) is 5.92 Å². The smallest absolute Gasteiger partial charge is 0.251 e. The van der Waals surface area contributed by atoms with E-state index in [4.69, 9.17) is 0 Å². The molecule has 3 rings (SSSR count). The van der Waals surface area contributed by atoms with Crippen molar-refractivity contribution in [2.45, 2.75) is 44.3 Å². The standard InChI is InChI=1S/C18H26N2O3/c21-16-8-10-20(11-9-16)15-6-4-13(5-7-15)18(23)19-12-14-2-1-3-17(14)22/h4-7,14,16-17,21-22H,1-3,8-12H2,(H,19,23). The van der Waals surface area contributed by atoms with E-state index in [9.17, 15) is 15.0 Å². The first-order valence-corrected chi connectivity index (χ1v) is 8.63. The fourth-order valence-electron chi connectivity index (χ4n) is 3.53. The fraction of sp³-hybridized carbons (Fsp3) is 0.611. The Bertz CT molecular complexity index is 524. The zero-order valence-electron chi connectivity index (χ0n) is 13.4. The number of hydrogen-bond acceptors (Lipinski definition) is 4. The van der Waals surface area contributed by atoms with E-state index < -0.39 is 0 Å². The lowest BCUT2D eigenvalue weighted by atomic mass is 10.1. The van der Waals surface area contributed by atoms with Crippen LogP contribution in [0.2, 0.25) is 0 Å². The molecule has 2 unspecified atom stereocenters. The maximum atomic E-state index is 12.2. The molecule has 0 aromatic heterocycles. The van der Waals surface area contributed by atoms with Crippen LogP contribution in [0.5, 0.6) is 0 Å². The Kier molecular flexibility index (Phi) is 5.18. The van der Waals surface area contributed by atoms with Gasteiger partial charge in [-0.1, -0.05) is 6.42 Å². The number of amides is 1. The maximum absolute atomic E-state index is 12.2. The summed E-state index contributed by atoms with van der Waals surface area (Å²) < 4.78 is 0. The van der Waals surface area contributed by atoms with Gasteiger partial charge in [-0.25, -0.2) is 0 Å². The van der Waals surface area contributed by atoms with E-state index in [0.29, 0.717) is 12.1 Å². The molecule has 3 N–H and O–H groups in total. The van der Waals surface area contributed by atoms with Crippen molar-refractivity contribution in [1.82, 2.24) is 5.32 Å². The molecular formula is C18H26N2O3. The summed E-state index contributed by atoms with van der Waals surface area (Å²) in [7, 11) is 0. The number of aliphatic hydroxyl groups excluding tert-OH is 2. The Morgan fingerprint density at radius 3 is 2.39 bits per heavy atom. The van der Waals surface area contributed by atoms with Crippen LogP contribution < -0.4 is 10.2 Å². The SMILES string of the molecule is O=C(NCC1CCCC1O)c1ccc(N2CCC(O)CC2)cc1. The van der Waals surface area contributed by atoms with Gasteiger partial charge in [-0.15, -0.1) is 0 Å². The summed E-state index contributed by atoms with van der Waals surface area (Å²) in [6.07, 6.45) is 4.02. The van der Waals surface area contributed by atoms with Gasteiger partial charge in [-0.05, 0) is 49.9 Å². The highest BCUT2D eigenvalue weighted by atomic mass is 16.3. The van der Waals surface area contributed by atoms with E-state index in [1.54, 1.807) is 0 Å². The Balaban J connectivity index is 1.53. The Labute approximate surface area is 137 Å². The van der Waals surface area contributed by atoms with Gasteiger partial charge in [0.1, 0.15) is 0 Å². The number of nitrogens with one attached hydrogen (secondary N) is 1. The van der Waals surface area contributed by atoms with Gasteiger partial charge in [0, 0.05) is 36.8 Å². The molecule has 1 saturated carbocycles. The molecule has 1 aromatic carbocycles. The lowest BCUT2D eigenvalue weighted by molar-refractivity contribution is 0.0917. The molecular weight excluding hydrogens is 292 g/mol. The summed E-state index contributed by atoms with van der Waals surface area (Å²) in [6.45, 7) is 2.25.